The van der Waals surface area contributed by atoms with Gasteiger partial charge in [0.25, 0.3) is 5.91 Å². The molecule has 1 aliphatic carbocycles. The second-order valence-corrected chi connectivity index (χ2v) is 9.35. The van der Waals surface area contributed by atoms with E-state index in [4.69, 9.17) is 0 Å². The number of carbonyl (C=O) groups is 1. The van der Waals surface area contributed by atoms with Gasteiger partial charge in [-0.15, -0.1) is 0 Å². The van der Waals surface area contributed by atoms with Crippen molar-refractivity contribution in [1.29, 1.82) is 0 Å². The summed E-state index contributed by atoms with van der Waals surface area (Å²) in [6, 6.07) is 5.43. The van der Waals surface area contributed by atoms with Crippen LogP contribution in [0.1, 0.15) is 61.7 Å². The summed E-state index contributed by atoms with van der Waals surface area (Å²) in [6.07, 6.45) is 11.7. The summed E-state index contributed by atoms with van der Waals surface area (Å²) >= 11 is 0. The van der Waals surface area contributed by atoms with Crippen LogP contribution >= 0.6 is 0 Å². The van der Waals surface area contributed by atoms with Gasteiger partial charge in [0.15, 0.2) is 0 Å². The molecule has 31 heavy (non-hydrogen) atoms. The number of nitrogens with zero attached hydrogens (tertiary/aromatic N) is 4. The van der Waals surface area contributed by atoms with E-state index < -0.39 is 0 Å². The second kappa shape index (κ2) is 9.11. The average molecular weight is 425 g/mol. The highest BCUT2D eigenvalue weighted by Crippen LogP contribution is 2.33. The molecule has 1 aromatic carbocycles. The number of hydrogen-bond donors (Lipinski definition) is 0. The van der Waals surface area contributed by atoms with E-state index in [0.717, 1.165) is 68.7 Å². The number of rotatable bonds is 3. The van der Waals surface area contributed by atoms with Crippen LogP contribution < -0.4 is 4.90 Å². The summed E-state index contributed by atoms with van der Waals surface area (Å²) in [4.78, 5) is 24.9. The fourth-order valence-electron chi connectivity index (χ4n) is 5.67. The van der Waals surface area contributed by atoms with Crippen LogP contribution in [-0.4, -0.2) is 66.0 Å². The van der Waals surface area contributed by atoms with Crippen molar-refractivity contribution in [3.8, 4) is 0 Å². The predicted molar refractivity (Wildman–Crippen MR) is 122 cm³/mol. The van der Waals surface area contributed by atoms with Crippen molar-refractivity contribution < 1.29 is 9.18 Å². The van der Waals surface area contributed by atoms with E-state index >= 15 is 0 Å². The largest absolute Gasteiger partial charge is 0.368 e. The minimum absolute atomic E-state index is 0.0445. The maximum Gasteiger partial charge on any atom is 0.257 e. The van der Waals surface area contributed by atoms with Gasteiger partial charge in [-0.2, -0.15) is 0 Å². The summed E-state index contributed by atoms with van der Waals surface area (Å²) in [5, 5.41) is 0.758. The monoisotopic (exact) mass is 424 g/mol. The van der Waals surface area contributed by atoms with Gasteiger partial charge in [-0.1, -0.05) is 19.3 Å². The molecule has 5 nitrogen and oxygen atoms in total. The Labute approximate surface area is 184 Å². The number of halogens is 1. The van der Waals surface area contributed by atoms with Crippen LogP contribution in [0.5, 0.6) is 0 Å². The third kappa shape index (κ3) is 4.27. The van der Waals surface area contributed by atoms with Crippen molar-refractivity contribution in [2.24, 2.45) is 0 Å². The molecule has 1 amide bonds. The highest BCUT2D eigenvalue weighted by Gasteiger charge is 2.30. The Bertz CT molecular complexity index is 929. The maximum absolute atomic E-state index is 14.2. The zero-order valence-corrected chi connectivity index (χ0v) is 18.4. The second-order valence-electron chi connectivity index (χ2n) is 9.35. The molecule has 1 saturated carbocycles. The molecule has 3 heterocycles. The molecule has 2 aliphatic heterocycles. The first-order chi connectivity index (χ1) is 15.2. The maximum atomic E-state index is 14.2. The molecule has 0 bridgehead atoms. The zero-order valence-electron chi connectivity index (χ0n) is 18.4. The number of pyridine rings is 1. The fraction of sp³-hybridized carbons (Fsp3) is 0.600. The lowest BCUT2D eigenvalue weighted by atomic mass is 9.93. The smallest absolute Gasteiger partial charge is 0.257 e. The molecular formula is C25H33FN4O. The van der Waals surface area contributed by atoms with Crippen LogP contribution in [-0.2, 0) is 0 Å². The number of benzene rings is 1. The van der Waals surface area contributed by atoms with Gasteiger partial charge in [0.05, 0.1) is 16.8 Å². The normalized spacial score (nSPS) is 21.6. The molecule has 2 saturated heterocycles. The Morgan fingerprint density at radius 3 is 2.35 bits per heavy atom. The summed E-state index contributed by atoms with van der Waals surface area (Å²) < 4.78 is 14.2. The van der Waals surface area contributed by atoms with Crippen molar-refractivity contribution in [3.05, 3.63) is 35.8 Å². The number of piperazine rings is 1. The van der Waals surface area contributed by atoms with Gasteiger partial charge < -0.3 is 9.80 Å². The molecule has 166 valence electrons. The number of likely N-dealkylation sites (tertiary alicyclic amines) is 1. The van der Waals surface area contributed by atoms with Gasteiger partial charge in [0, 0.05) is 56.9 Å². The Balaban J connectivity index is 1.45. The predicted octanol–water partition coefficient (Wildman–Crippen LogP) is 4.45. The molecule has 0 spiro atoms. The van der Waals surface area contributed by atoms with Crippen LogP contribution in [0.15, 0.2) is 24.4 Å². The average Bonchev–Trinajstić information content (AvgIpc) is 2.84. The quantitative estimate of drug-likeness (QED) is 0.730. The molecule has 3 aliphatic rings. The molecule has 6 heteroatoms. The SMILES string of the molecule is O=C(c1cnc2ccc(F)cc2c1N1CCN(C2CCCCC2)CC1)N1CCCCC1. The van der Waals surface area contributed by atoms with E-state index in [-0.39, 0.29) is 11.7 Å². The first kappa shape index (κ1) is 20.7. The van der Waals surface area contributed by atoms with Crippen LogP contribution in [0.4, 0.5) is 10.1 Å². The summed E-state index contributed by atoms with van der Waals surface area (Å²) in [7, 11) is 0. The van der Waals surface area contributed by atoms with Gasteiger partial charge in [-0.3, -0.25) is 14.7 Å². The number of amides is 1. The number of aromatic nitrogens is 1. The molecule has 0 unspecified atom stereocenters. The number of carbonyl (C=O) groups excluding carboxylic acids is 1. The topological polar surface area (TPSA) is 39.7 Å². The lowest BCUT2D eigenvalue weighted by Crippen LogP contribution is -2.51. The minimum Gasteiger partial charge on any atom is -0.368 e. The van der Waals surface area contributed by atoms with E-state index in [9.17, 15) is 9.18 Å². The van der Waals surface area contributed by atoms with Crippen LogP contribution in [0, 0.1) is 5.82 Å². The van der Waals surface area contributed by atoms with E-state index in [1.807, 2.05) is 4.90 Å². The van der Waals surface area contributed by atoms with Gasteiger partial charge >= 0.3 is 0 Å². The first-order valence-corrected chi connectivity index (χ1v) is 12.1. The van der Waals surface area contributed by atoms with Crippen molar-refractivity contribution in [3.63, 3.8) is 0 Å². The fourth-order valence-corrected chi connectivity index (χ4v) is 5.67. The summed E-state index contributed by atoms with van der Waals surface area (Å²) in [5.74, 6) is -0.234. The summed E-state index contributed by atoms with van der Waals surface area (Å²) in [5.41, 5.74) is 2.26. The minimum atomic E-state index is -0.279. The molecular weight excluding hydrogens is 391 g/mol. The number of piperidine rings is 1. The van der Waals surface area contributed by atoms with Crippen LogP contribution in [0.3, 0.4) is 0 Å². The third-order valence-corrected chi connectivity index (χ3v) is 7.40. The molecule has 2 aromatic rings. The van der Waals surface area contributed by atoms with E-state index in [0.29, 0.717) is 11.6 Å². The van der Waals surface area contributed by atoms with Gasteiger partial charge in [0.2, 0.25) is 0 Å². The van der Waals surface area contributed by atoms with Crippen LogP contribution in [0.2, 0.25) is 0 Å². The number of fused-ring (bicyclic) bond motifs is 1. The van der Waals surface area contributed by atoms with Crippen LogP contribution in [0.25, 0.3) is 10.9 Å². The Morgan fingerprint density at radius 2 is 1.61 bits per heavy atom. The Kier molecular flexibility index (Phi) is 6.08. The van der Waals surface area contributed by atoms with Crippen molar-refractivity contribution in [2.75, 3.05) is 44.2 Å². The zero-order chi connectivity index (χ0) is 21.2. The van der Waals surface area contributed by atoms with E-state index in [1.165, 1.54) is 44.6 Å². The lowest BCUT2D eigenvalue weighted by molar-refractivity contribution is 0.0724. The summed E-state index contributed by atoms with van der Waals surface area (Å²) in [6.45, 7) is 5.34. The molecule has 0 N–H and O–H groups in total. The standard InChI is InChI=1S/C25H33FN4O/c26-19-9-10-23-21(17-19)24(22(18-27-23)25(31)30-11-5-2-6-12-30)29-15-13-28(14-16-29)20-7-3-1-4-8-20/h9-10,17-18,20H,1-8,11-16H2. The lowest BCUT2D eigenvalue weighted by Gasteiger charge is -2.42. The first-order valence-electron chi connectivity index (χ1n) is 12.1. The number of hydrogen-bond acceptors (Lipinski definition) is 4. The molecule has 3 fully saturated rings. The number of anilines is 1. The highest BCUT2D eigenvalue weighted by molar-refractivity contribution is 6.07. The van der Waals surface area contributed by atoms with Gasteiger partial charge in [-0.05, 0) is 50.3 Å². The Morgan fingerprint density at radius 1 is 0.903 bits per heavy atom. The van der Waals surface area contributed by atoms with Crippen molar-refractivity contribution in [2.45, 2.75) is 57.4 Å². The molecule has 0 radical (unpaired) electrons. The third-order valence-electron chi connectivity index (χ3n) is 7.40. The van der Waals surface area contributed by atoms with Crippen molar-refractivity contribution in [1.82, 2.24) is 14.8 Å². The van der Waals surface area contributed by atoms with E-state index in [1.54, 1.807) is 18.3 Å². The molecule has 5 rings (SSSR count). The molecule has 0 atom stereocenters. The van der Waals surface area contributed by atoms with Gasteiger partial charge in [-0.25, -0.2) is 4.39 Å². The highest BCUT2D eigenvalue weighted by atomic mass is 19.1. The van der Waals surface area contributed by atoms with Crippen molar-refractivity contribution >= 4 is 22.5 Å². The van der Waals surface area contributed by atoms with Gasteiger partial charge in [0.1, 0.15) is 5.82 Å². The Hall–Kier alpha value is -2.21. The van der Waals surface area contributed by atoms with E-state index in [2.05, 4.69) is 14.8 Å². The molecule has 1 aromatic heterocycles.